The zero-order valence-electron chi connectivity index (χ0n) is 16.3. The normalized spacial score (nSPS) is 24.3. The van der Waals surface area contributed by atoms with E-state index in [-0.39, 0.29) is 46.5 Å². The molecule has 2 heterocycles. The Hall–Kier alpha value is -3.56. The van der Waals surface area contributed by atoms with Gasteiger partial charge in [0.25, 0.3) is 11.8 Å². The van der Waals surface area contributed by atoms with E-state index < -0.39 is 17.5 Å². The first-order valence-electron chi connectivity index (χ1n) is 9.88. The molecule has 8 nitrogen and oxygen atoms in total. The van der Waals surface area contributed by atoms with E-state index >= 15 is 0 Å². The summed E-state index contributed by atoms with van der Waals surface area (Å²) < 4.78 is 38.3. The molecule has 3 aromatic rings. The highest BCUT2D eigenvalue weighted by Gasteiger charge is 2.54. The number of anilines is 1. The van der Waals surface area contributed by atoms with Gasteiger partial charge in [-0.05, 0) is 55.4 Å². The van der Waals surface area contributed by atoms with E-state index in [2.05, 4.69) is 20.5 Å². The molecule has 0 atom stereocenters. The highest BCUT2D eigenvalue weighted by atomic mass is 19.1. The SMILES string of the molecule is NC(=O)c1cccnc1OC1CC2(CC(Nc3nnc(-c4ccc(F)cc4F)o3)C2)C1. The van der Waals surface area contributed by atoms with Crippen LogP contribution in [0.4, 0.5) is 14.8 Å². The van der Waals surface area contributed by atoms with Gasteiger partial charge >= 0.3 is 6.01 Å². The number of hydrogen-bond donors (Lipinski definition) is 2. The maximum absolute atomic E-state index is 13.9. The van der Waals surface area contributed by atoms with Gasteiger partial charge in [-0.3, -0.25) is 4.79 Å². The van der Waals surface area contributed by atoms with E-state index in [4.69, 9.17) is 14.9 Å². The third kappa shape index (κ3) is 3.69. The molecule has 10 heteroatoms. The lowest BCUT2D eigenvalue weighted by Crippen LogP contribution is -2.56. The van der Waals surface area contributed by atoms with Crippen LogP contribution in [-0.4, -0.2) is 33.2 Å². The topological polar surface area (TPSA) is 116 Å². The lowest BCUT2D eigenvalue weighted by molar-refractivity contribution is -0.0762. The maximum atomic E-state index is 13.9. The molecule has 0 radical (unpaired) electrons. The van der Waals surface area contributed by atoms with Crippen molar-refractivity contribution < 1.29 is 22.7 Å². The smallest absolute Gasteiger partial charge is 0.315 e. The molecule has 160 valence electrons. The number of nitrogens with two attached hydrogens (primary N) is 1. The third-order valence-corrected chi connectivity index (χ3v) is 5.91. The molecule has 2 aliphatic carbocycles. The fraction of sp³-hybridized carbons (Fsp3) is 0.333. The van der Waals surface area contributed by atoms with Crippen molar-refractivity contribution in [2.45, 2.75) is 37.8 Å². The lowest BCUT2D eigenvalue weighted by Gasteiger charge is -2.56. The number of benzene rings is 1. The summed E-state index contributed by atoms with van der Waals surface area (Å²) in [5.74, 6) is -1.73. The molecule has 0 aliphatic heterocycles. The van der Waals surface area contributed by atoms with Crippen LogP contribution in [-0.2, 0) is 0 Å². The zero-order valence-corrected chi connectivity index (χ0v) is 16.3. The van der Waals surface area contributed by atoms with Crippen LogP contribution in [0, 0.1) is 17.0 Å². The first kappa shape index (κ1) is 19.4. The van der Waals surface area contributed by atoms with Crippen molar-refractivity contribution in [3.05, 3.63) is 53.7 Å². The number of nitrogens with zero attached hydrogens (tertiary/aromatic N) is 3. The van der Waals surface area contributed by atoms with Gasteiger partial charge in [-0.25, -0.2) is 13.8 Å². The minimum Gasteiger partial charge on any atom is -0.474 e. The Balaban J connectivity index is 1.14. The molecule has 2 aliphatic rings. The zero-order chi connectivity index (χ0) is 21.6. The van der Waals surface area contributed by atoms with Crippen molar-refractivity contribution in [2.75, 3.05) is 5.32 Å². The van der Waals surface area contributed by atoms with Gasteiger partial charge in [0.1, 0.15) is 23.3 Å². The van der Waals surface area contributed by atoms with E-state index in [1.165, 1.54) is 6.07 Å². The number of carbonyl (C=O) groups is 1. The Labute approximate surface area is 175 Å². The first-order chi connectivity index (χ1) is 14.9. The molecule has 0 unspecified atom stereocenters. The number of rotatable bonds is 6. The molecule has 0 saturated heterocycles. The largest absolute Gasteiger partial charge is 0.474 e. The number of nitrogens with one attached hydrogen (secondary N) is 1. The van der Waals surface area contributed by atoms with Crippen molar-refractivity contribution >= 4 is 11.9 Å². The Bertz CT molecular complexity index is 1140. The summed E-state index contributed by atoms with van der Waals surface area (Å²) in [4.78, 5) is 15.6. The quantitative estimate of drug-likeness (QED) is 0.620. The summed E-state index contributed by atoms with van der Waals surface area (Å²) in [7, 11) is 0. The predicted octanol–water partition coefficient (Wildman–Crippen LogP) is 3.31. The van der Waals surface area contributed by atoms with Crippen LogP contribution in [0.3, 0.4) is 0 Å². The molecule has 0 bridgehead atoms. The van der Waals surface area contributed by atoms with Crippen LogP contribution in [0.1, 0.15) is 36.0 Å². The van der Waals surface area contributed by atoms with E-state index in [1.807, 2.05) is 0 Å². The second-order valence-corrected chi connectivity index (χ2v) is 8.15. The number of primary amides is 1. The van der Waals surface area contributed by atoms with Crippen LogP contribution in [0.2, 0.25) is 0 Å². The lowest BCUT2D eigenvalue weighted by atomic mass is 9.53. The number of amides is 1. The summed E-state index contributed by atoms with van der Waals surface area (Å²) in [5.41, 5.74) is 5.87. The average molecular weight is 427 g/mol. The summed E-state index contributed by atoms with van der Waals surface area (Å²) in [6.45, 7) is 0. The second kappa shape index (κ2) is 7.29. The number of ether oxygens (including phenoxy) is 1. The Morgan fingerprint density at radius 3 is 2.74 bits per heavy atom. The monoisotopic (exact) mass is 427 g/mol. The van der Waals surface area contributed by atoms with Gasteiger partial charge in [0.05, 0.1) is 5.56 Å². The number of halogens is 2. The van der Waals surface area contributed by atoms with Gasteiger partial charge in [-0.2, -0.15) is 0 Å². The van der Waals surface area contributed by atoms with E-state index in [9.17, 15) is 13.6 Å². The standard InChI is InChI=1S/C21H19F2N5O3/c22-11-3-4-14(16(23)6-11)19-27-28-20(31-19)26-12-7-21(8-12)9-13(10-21)30-18-15(17(24)29)2-1-5-25-18/h1-6,12-13H,7-10H2,(H2,24,29)(H,26,28). The summed E-state index contributed by atoms with van der Waals surface area (Å²) in [6.07, 6.45) is 5.08. The Morgan fingerprint density at radius 1 is 1.19 bits per heavy atom. The minimum atomic E-state index is -0.759. The van der Waals surface area contributed by atoms with Gasteiger partial charge in [0, 0.05) is 18.3 Å². The highest BCUT2D eigenvalue weighted by Crippen LogP contribution is 2.57. The van der Waals surface area contributed by atoms with Crippen LogP contribution < -0.4 is 15.8 Å². The van der Waals surface area contributed by atoms with Crippen LogP contribution >= 0.6 is 0 Å². The summed E-state index contributed by atoms with van der Waals surface area (Å²) >= 11 is 0. The van der Waals surface area contributed by atoms with E-state index in [1.54, 1.807) is 18.3 Å². The van der Waals surface area contributed by atoms with E-state index in [0.717, 1.165) is 37.8 Å². The average Bonchev–Trinajstić information content (AvgIpc) is 3.13. The number of carbonyl (C=O) groups excluding carboxylic acids is 1. The second-order valence-electron chi connectivity index (χ2n) is 8.15. The summed E-state index contributed by atoms with van der Waals surface area (Å²) in [6, 6.07) is 6.77. The molecule has 1 amide bonds. The molecular formula is C21H19F2N5O3. The van der Waals surface area contributed by atoms with Gasteiger partial charge < -0.3 is 20.2 Å². The highest BCUT2D eigenvalue weighted by molar-refractivity contribution is 5.94. The van der Waals surface area contributed by atoms with Crippen molar-refractivity contribution in [2.24, 2.45) is 11.1 Å². The fourth-order valence-electron chi connectivity index (χ4n) is 4.47. The molecule has 2 saturated carbocycles. The van der Waals surface area contributed by atoms with E-state index in [0.29, 0.717) is 0 Å². The Morgan fingerprint density at radius 2 is 2.00 bits per heavy atom. The molecule has 2 fully saturated rings. The van der Waals surface area contributed by atoms with Crippen LogP contribution in [0.25, 0.3) is 11.5 Å². The number of pyridine rings is 1. The number of aromatic nitrogens is 3. The van der Waals surface area contributed by atoms with Crippen molar-refractivity contribution in [3.63, 3.8) is 0 Å². The third-order valence-electron chi connectivity index (χ3n) is 5.91. The van der Waals surface area contributed by atoms with Crippen LogP contribution in [0.15, 0.2) is 40.9 Å². The molecular weight excluding hydrogens is 408 g/mol. The van der Waals surface area contributed by atoms with Crippen LogP contribution in [0.5, 0.6) is 5.88 Å². The predicted molar refractivity (Wildman–Crippen MR) is 105 cm³/mol. The van der Waals surface area contributed by atoms with Gasteiger partial charge in [0.2, 0.25) is 5.88 Å². The molecule has 2 aromatic heterocycles. The summed E-state index contributed by atoms with van der Waals surface area (Å²) in [5, 5.41) is 10.9. The molecule has 1 spiro atoms. The fourth-order valence-corrected chi connectivity index (χ4v) is 4.47. The van der Waals surface area contributed by atoms with Crippen molar-refractivity contribution in [1.29, 1.82) is 0 Å². The van der Waals surface area contributed by atoms with Crippen molar-refractivity contribution in [1.82, 2.24) is 15.2 Å². The number of hydrogen-bond acceptors (Lipinski definition) is 7. The van der Waals surface area contributed by atoms with Crippen molar-refractivity contribution in [3.8, 4) is 17.3 Å². The maximum Gasteiger partial charge on any atom is 0.315 e. The van der Waals surface area contributed by atoms with Gasteiger partial charge in [-0.15, -0.1) is 5.10 Å². The first-order valence-corrected chi connectivity index (χ1v) is 9.88. The van der Waals surface area contributed by atoms with Gasteiger partial charge in [-0.1, -0.05) is 5.10 Å². The molecule has 5 rings (SSSR count). The minimum absolute atomic E-state index is 0.00763. The Kier molecular flexibility index (Phi) is 4.57. The van der Waals surface area contributed by atoms with Gasteiger partial charge in [0.15, 0.2) is 0 Å². The molecule has 3 N–H and O–H groups in total. The molecule has 31 heavy (non-hydrogen) atoms. The molecule has 1 aromatic carbocycles.